The maximum atomic E-state index is 11.6. The lowest BCUT2D eigenvalue weighted by Gasteiger charge is -2.23. The molecule has 0 aliphatic carbocycles. The van der Waals surface area contributed by atoms with Crippen molar-refractivity contribution in [2.24, 2.45) is 17.8 Å². The van der Waals surface area contributed by atoms with E-state index in [4.69, 9.17) is 9.47 Å². The predicted molar refractivity (Wildman–Crippen MR) is 152 cm³/mol. The van der Waals surface area contributed by atoms with Crippen LogP contribution in [0, 0.1) is 112 Å². The molecule has 0 amide bonds. The second-order valence-electron chi connectivity index (χ2n) is 6.66. The van der Waals surface area contributed by atoms with Crippen LogP contribution < -0.4 is 0 Å². The molecule has 1 rings (SSSR count). The Bertz CT molecular complexity index is 1190. The zero-order chi connectivity index (χ0) is 22.7. The summed E-state index contributed by atoms with van der Waals surface area (Å²) in [5.41, 5.74) is 0. The van der Waals surface area contributed by atoms with Gasteiger partial charge in [-0.25, -0.2) is 4.79 Å². The molecule has 0 aromatic carbocycles. The van der Waals surface area contributed by atoms with Crippen molar-refractivity contribution in [1.29, 1.82) is 0 Å². The van der Waals surface area contributed by atoms with Gasteiger partial charge in [-0.2, -0.15) is 0 Å². The molecular formula is C28H52O3. The van der Waals surface area contributed by atoms with Crippen molar-refractivity contribution in [2.75, 3.05) is 13.2 Å². The molecule has 0 aromatic rings. The third kappa shape index (κ3) is 11.5. The Morgan fingerprint density at radius 2 is 1.39 bits per heavy atom. The van der Waals surface area contributed by atoms with Gasteiger partial charge in [-0.15, -0.1) is 0 Å². The van der Waals surface area contributed by atoms with Gasteiger partial charge in [0.15, 0.2) is 0 Å². The summed E-state index contributed by atoms with van der Waals surface area (Å²) in [7, 11) is 0. The molecule has 4 unspecified atom stereocenters. The Morgan fingerprint density at radius 3 is 1.84 bits per heavy atom. The van der Waals surface area contributed by atoms with Crippen molar-refractivity contribution in [2.45, 2.75) is 40.2 Å². The summed E-state index contributed by atoms with van der Waals surface area (Å²) in [5, 5.41) is 0. The minimum absolute atomic E-state index is 0. The van der Waals surface area contributed by atoms with Gasteiger partial charge >= 0.3 is 5.97 Å². The van der Waals surface area contributed by atoms with E-state index in [2.05, 4.69) is 115 Å². The largest absolute Gasteiger partial charge is 0.456 e. The van der Waals surface area contributed by atoms with Crippen LogP contribution in [0.3, 0.4) is 0 Å². The number of rotatable bonds is 4. The van der Waals surface area contributed by atoms with Gasteiger partial charge in [0.25, 0.3) is 0 Å². The van der Waals surface area contributed by atoms with E-state index in [1.54, 1.807) is 6.92 Å². The van der Waals surface area contributed by atoms with Crippen molar-refractivity contribution < 1.29 is 35.7 Å². The first kappa shape index (κ1) is 24.9. The minimum atomic E-state index is -0.606. The monoisotopic (exact) mass is 436 g/mol. The Hall–Kier alpha value is -4.09. The van der Waals surface area contributed by atoms with E-state index in [9.17, 15) is 4.79 Å². The molecule has 182 valence electrons. The van der Waals surface area contributed by atoms with Crippen LogP contribution in [0.1, 0.15) is 55.5 Å². The lowest BCUT2D eigenvalue weighted by atomic mass is 9.86. The number of ether oxygens (including phenoxy) is 2. The summed E-state index contributed by atoms with van der Waals surface area (Å²) in [6, 6.07) is 0. The average molecular weight is 437 g/mol. The van der Waals surface area contributed by atoms with Crippen LogP contribution in [0.4, 0.5) is 0 Å². The molecule has 1 saturated heterocycles. The third-order valence-corrected chi connectivity index (χ3v) is 4.44. The molecule has 3 heteroatoms. The first-order valence-electron chi connectivity index (χ1n) is 9.77. The highest BCUT2D eigenvalue weighted by molar-refractivity contribution is 5.89. The van der Waals surface area contributed by atoms with Crippen molar-refractivity contribution in [3.8, 4) is 94.7 Å². The van der Waals surface area contributed by atoms with Gasteiger partial charge < -0.3 is 9.47 Å². The molecule has 0 radical (unpaired) electrons. The van der Waals surface area contributed by atoms with E-state index in [0.717, 1.165) is 13.0 Å². The van der Waals surface area contributed by atoms with Crippen LogP contribution in [-0.2, 0) is 14.3 Å². The molecule has 31 heavy (non-hydrogen) atoms. The Morgan fingerprint density at radius 1 is 0.903 bits per heavy atom. The third-order valence-electron chi connectivity index (χ3n) is 4.44. The summed E-state index contributed by atoms with van der Waals surface area (Å²) < 4.78 is 10.9. The van der Waals surface area contributed by atoms with Crippen LogP contribution in [-0.4, -0.2) is 25.3 Å². The van der Waals surface area contributed by atoms with Gasteiger partial charge in [0.05, 0.1) is 12.7 Å². The van der Waals surface area contributed by atoms with Gasteiger partial charge in [-0.1, -0.05) is 26.7 Å². The molecule has 0 saturated carbocycles. The van der Waals surface area contributed by atoms with Crippen LogP contribution in [0.5, 0.6) is 0 Å². The maximum Gasteiger partial charge on any atom is 0.385 e. The molecule has 0 bridgehead atoms. The second kappa shape index (κ2) is 15.8. The molecule has 1 aliphatic rings. The molecule has 4 atom stereocenters. The van der Waals surface area contributed by atoms with Crippen molar-refractivity contribution >= 4 is 5.97 Å². The maximum absolute atomic E-state index is 11.6. The number of esters is 1. The van der Waals surface area contributed by atoms with E-state index in [-0.39, 0.29) is 27.5 Å². The summed E-state index contributed by atoms with van der Waals surface area (Å²) >= 11 is 0. The normalized spacial score (nSPS) is 17.9. The summed E-state index contributed by atoms with van der Waals surface area (Å²) in [4.78, 5) is 11.6. The molecule has 1 heterocycles. The fourth-order valence-electron chi connectivity index (χ4n) is 2.63. The standard InChI is InChI=1S/C28H22O3.15H2/c1-5-6-7-8-9-10-11-12-13-14-15-16-17-18-19-20-27(29)30-22-21-24(2)28-26(4)25(3)23-31-28;;;;;;;;;;;;;;;/h24-26,28H,21-23H2,1-4H3;15*1H. The van der Waals surface area contributed by atoms with E-state index in [1.165, 1.54) is 0 Å². The van der Waals surface area contributed by atoms with E-state index in [1.807, 2.05) is 0 Å². The number of hydrogen-bond donors (Lipinski definition) is 0. The summed E-state index contributed by atoms with van der Waals surface area (Å²) in [6.45, 7) is 9.31. The SMILES string of the molecule is CC#CC#CC#CC#CC#CC#CC#CC#CC(=O)OCCC(C)C1OCC(C)C1C.[HH].[HH].[HH].[HH].[HH].[HH].[HH].[HH].[HH].[HH].[HH].[HH].[HH].[HH].[HH]. The van der Waals surface area contributed by atoms with Gasteiger partial charge in [0.2, 0.25) is 0 Å². The van der Waals surface area contributed by atoms with E-state index < -0.39 is 5.97 Å². The molecule has 1 fully saturated rings. The number of hydrogen-bond acceptors (Lipinski definition) is 3. The minimum Gasteiger partial charge on any atom is -0.456 e. The highest BCUT2D eigenvalue weighted by Gasteiger charge is 2.34. The van der Waals surface area contributed by atoms with Gasteiger partial charge in [0, 0.05) is 33.9 Å². The molecule has 0 spiro atoms. The molecule has 0 N–H and O–H groups in total. The first-order chi connectivity index (χ1) is 15.1. The number of carbonyl (C=O) groups is 1. The van der Waals surface area contributed by atoms with Crippen molar-refractivity contribution in [1.82, 2.24) is 0 Å². The quantitative estimate of drug-likeness (QED) is 0.310. The fourth-order valence-corrected chi connectivity index (χ4v) is 2.63. The van der Waals surface area contributed by atoms with E-state index in [0.29, 0.717) is 24.4 Å². The average Bonchev–Trinajstić information content (AvgIpc) is 3.09. The Kier molecular flexibility index (Phi) is 12.7. The van der Waals surface area contributed by atoms with Gasteiger partial charge in [-0.05, 0) is 114 Å². The van der Waals surface area contributed by atoms with Crippen LogP contribution in [0.2, 0.25) is 0 Å². The summed E-state index contributed by atoms with van der Waals surface area (Å²) in [6.07, 6.45) is 0.951. The number of carbonyl (C=O) groups excluding carboxylic acids is 1. The zero-order valence-corrected chi connectivity index (χ0v) is 18.2. The molecule has 0 aromatic heterocycles. The Balaban J connectivity index is -0.0000000493. The highest BCUT2D eigenvalue weighted by atomic mass is 16.5. The zero-order valence-electron chi connectivity index (χ0n) is 18.2. The second-order valence-corrected chi connectivity index (χ2v) is 6.66. The van der Waals surface area contributed by atoms with Crippen LogP contribution >= 0.6 is 0 Å². The first-order valence-corrected chi connectivity index (χ1v) is 9.77. The van der Waals surface area contributed by atoms with Crippen LogP contribution in [0.15, 0.2) is 0 Å². The fraction of sp³-hybridized carbons (Fsp3) is 0.393. The lowest BCUT2D eigenvalue weighted by molar-refractivity contribution is -0.137. The molecule has 1 aliphatic heterocycles. The molecular weight excluding hydrogens is 384 g/mol. The van der Waals surface area contributed by atoms with Gasteiger partial charge in [-0.3, -0.25) is 0 Å². The Labute approximate surface area is 208 Å². The van der Waals surface area contributed by atoms with E-state index >= 15 is 0 Å². The predicted octanol–water partition coefficient (Wildman–Crippen LogP) is 5.96. The van der Waals surface area contributed by atoms with Crippen molar-refractivity contribution in [3.05, 3.63) is 0 Å². The summed E-state index contributed by atoms with van der Waals surface area (Å²) in [5.74, 6) is 40.7. The topological polar surface area (TPSA) is 35.5 Å². The van der Waals surface area contributed by atoms with Crippen molar-refractivity contribution in [3.63, 3.8) is 0 Å². The van der Waals surface area contributed by atoms with Crippen LogP contribution in [0.25, 0.3) is 0 Å². The lowest BCUT2D eigenvalue weighted by Crippen LogP contribution is -2.25. The molecule has 3 nitrogen and oxygen atoms in total. The smallest absolute Gasteiger partial charge is 0.385 e. The van der Waals surface area contributed by atoms with Gasteiger partial charge in [0.1, 0.15) is 0 Å². The highest BCUT2D eigenvalue weighted by Crippen LogP contribution is 2.32.